The van der Waals surface area contributed by atoms with Crippen molar-refractivity contribution in [3.63, 3.8) is 0 Å². The van der Waals surface area contributed by atoms with Gasteiger partial charge in [0.15, 0.2) is 11.5 Å². The molecule has 0 fully saturated rings. The standard InChI is InChI=1S/C18H20O4/c1-19-14-9-7-12(8-10-14)15-11-13-5-4-6-16(20-2)17(13)22-18(15)21-3/h4-10,15,18H,11H2,1-3H3. The van der Waals surface area contributed by atoms with E-state index in [0.717, 1.165) is 29.2 Å². The number of hydrogen-bond donors (Lipinski definition) is 0. The van der Waals surface area contributed by atoms with Gasteiger partial charge < -0.3 is 18.9 Å². The first-order valence-electron chi connectivity index (χ1n) is 7.26. The molecule has 2 atom stereocenters. The van der Waals surface area contributed by atoms with Crippen LogP contribution < -0.4 is 14.2 Å². The number of methoxy groups -OCH3 is 3. The van der Waals surface area contributed by atoms with Crippen molar-refractivity contribution in [1.82, 2.24) is 0 Å². The Balaban J connectivity index is 1.94. The first kappa shape index (κ1) is 14.7. The summed E-state index contributed by atoms with van der Waals surface area (Å²) in [4.78, 5) is 0. The van der Waals surface area contributed by atoms with E-state index in [1.165, 1.54) is 5.56 Å². The molecule has 0 spiro atoms. The fourth-order valence-electron chi connectivity index (χ4n) is 2.89. The van der Waals surface area contributed by atoms with Gasteiger partial charge in [-0.3, -0.25) is 0 Å². The van der Waals surface area contributed by atoms with Crippen molar-refractivity contribution in [3.05, 3.63) is 53.6 Å². The van der Waals surface area contributed by atoms with Crippen LogP contribution in [0.25, 0.3) is 0 Å². The van der Waals surface area contributed by atoms with Gasteiger partial charge >= 0.3 is 0 Å². The van der Waals surface area contributed by atoms with Crippen molar-refractivity contribution in [3.8, 4) is 17.2 Å². The Morgan fingerprint density at radius 2 is 1.73 bits per heavy atom. The zero-order valence-electron chi connectivity index (χ0n) is 13.0. The van der Waals surface area contributed by atoms with Gasteiger partial charge in [0.05, 0.1) is 20.1 Å². The molecule has 3 rings (SSSR count). The molecule has 2 unspecified atom stereocenters. The molecule has 1 aliphatic heterocycles. The third kappa shape index (κ3) is 2.62. The molecule has 0 bridgehead atoms. The van der Waals surface area contributed by atoms with Crippen LogP contribution in [0.15, 0.2) is 42.5 Å². The Hall–Kier alpha value is -2.20. The van der Waals surface area contributed by atoms with E-state index in [1.807, 2.05) is 24.3 Å². The maximum atomic E-state index is 6.05. The normalized spacial score (nSPS) is 20.0. The fraction of sp³-hybridized carbons (Fsp3) is 0.333. The second kappa shape index (κ2) is 6.28. The molecule has 1 heterocycles. The molecule has 116 valence electrons. The zero-order valence-corrected chi connectivity index (χ0v) is 13.0. The molecule has 2 aromatic rings. The first-order chi connectivity index (χ1) is 10.8. The van der Waals surface area contributed by atoms with Gasteiger partial charge in [-0.2, -0.15) is 0 Å². The van der Waals surface area contributed by atoms with E-state index in [4.69, 9.17) is 18.9 Å². The Morgan fingerprint density at radius 3 is 2.36 bits per heavy atom. The number of hydrogen-bond acceptors (Lipinski definition) is 4. The second-order valence-corrected chi connectivity index (χ2v) is 5.25. The summed E-state index contributed by atoms with van der Waals surface area (Å²) in [5.74, 6) is 2.50. The van der Waals surface area contributed by atoms with Crippen LogP contribution in [0.4, 0.5) is 0 Å². The third-order valence-electron chi connectivity index (χ3n) is 4.06. The van der Waals surface area contributed by atoms with Crippen LogP contribution >= 0.6 is 0 Å². The zero-order chi connectivity index (χ0) is 15.5. The van der Waals surface area contributed by atoms with Crippen molar-refractivity contribution in [2.24, 2.45) is 0 Å². The number of benzene rings is 2. The van der Waals surface area contributed by atoms with Crippen LogP contribution in [0.5, 0.6) is 17.2 Å². The van der Waals surface area contributed by atoms with Gasteiger partial charge in [-0.25, -0.2) is 0 Å². The van der Waals surface area contributed by atoms with Crippen LogP contribution in [0.2, 0.25) is 0 Å². The molecule has 0 aromatic heterocycles. The maximum Gasteiger partial charge on any atom is 0.207 e. The van der Waals surface area contributed by atoms with E-state index in [-0.39, 0.29) is 12.2 Å². The van der Waals surface area contributed by atoms with Gasteiger partial charge in [-0.15, -0.1) is 0 Å². The summed E-state index contributed by atoms with van der Waals surface area (Å²) >= 11 is 0. The fourth-order valence-corrected chi connectivity index (χ4v) is 2.89. The summed E-state index contributed by atoms with van der Waals surface area (Å²) in [5, 5.41) is 0. The minimum atomic E-state index is -0.336. The molecular weight excluding hydrogens is 280 g/mol. The molecule has 0 saturated carbocycles. The van der Waals surface area contributed by atoms with Crippen LogP contribution in [0.3, 0.4) is 0 Å². The van der Waals surface area contributed by atoms with Crippen LogP contribution in [-0.2, 0) is 11.2 Å². The topological polar surface area (TPSA) is 36.9 Å². The van der Waals surface area contributed by atoms with E-state index in [2.05, 4.69) is 18.2 Å². The number of ether oxygens (including phenoxy) is 4. The average molecular weight is 300 g/mol. The van der Waals surface area contributed by atoms with Crippen molar-refractivity contribution in [2.45, 2.75) is 18.6 Å². The molecule has 0 N–H and O–H groups in total. The molecule has 4 nitrogen and oxygen atoms in total. The smallest absolute Gasteiger partial charge is 0.207 e. The van der Waals surface area contributed by atoms with Gasteiger partial charge in [-0.1, -0.05) is 24.3 Å². The lowest BCUT2D eigenvalue weighted by Gasteiger charge is -2.33. The third-order valence-corrected chi connectivity index (χ3v) is 4.06. The summed E-state index contributed by atoms with van der Waals surface area (Å²) < 4.78 is 22.2. The summed E-state index contributed by atoms with van der Waals surface area (Å²) in [6.45, 7) is 0. The summed E-state index contributed by atoms with van der Waals surface area (Å²) in [7, 11) is 4.98. The highest BCUT2D eigenvalue weighted by Crippen LogP contribution is 2.42. The van der Waals surface area contributed by atoms with Crippen molar-refractivity contribution in [2.75, 3.05) is 21.3 Å². The summed E-state index contributed by atoms with van der Waals surface area (Å²) in [6.07, 6.45) is 0.509. The van der Waals surface area contributed by atoms with Crippen molar-refractivity contribution < 1.29 is 18.9 Å². The molecule has 1 aliphatic rings. The van der Waals surface area contributed by atoms with Crippen molar-refractivity contribution >= 4 is 0 Å². The molecular formula is C18H20O4. The average Bonchev–Trinajstić information content (AvgIpc) is 2.60. The van der Waals surface area contributed by atoms with Gasteiger partial charge in [0.1, 0.15) is 5.75 Å². The molecule has 0 saturated heterocycles. The molecule has 0 radical (unpaired) electrons. The van der Waals surface area contributed by atoms with Gasteiger partial charge in [0, 0.05) is 7.11 Å². The molecule has 0 amide bonds. The first-order valence-corrected chi connectivity index (χ1v) is 7.26. The molecule has 0 aliphatic carbocycles. The lowest BCUT2D eigenvalue weighted by molar-refractivity contribution is -0.0809. The van der Waals surface area contributed by atoms with E-state index in [1.54, 1.807) is 21.3 Å². The highest BCUT2D eigenvalue weighted by molar-refractivity contribution is 5.49. The number of fused-ring (bicyclic) bond motifs is 1. The van der Waals surface area contributed by atoms with Gasteiger partial charge in [0.25, 0.3) is 0 Å². The van der Waals surface area contributed by atoms with Crippen molar-refractivity contribution in [1.29, 1.82) is 0 Å². The van der Waals surface area contributed by atoms with E-state index in [9.17, 15) is 0 Å². The van der Waals surface area contributed by atoms with Gasteiger partial charge in [-0.05, 0) is 35.7 Å². The molecule has 4 heteroatoms. The minimum Gasteiger partial charge on any atom is -0.497 e. The Morgan fingerprint density at radius 1 is 0.955 bits per heavy atom. The van der Waals surface area contributed by atoms with Crippen LogP contribution in [-0.4, -0.2) is 27.6 Å². The predicted molar refractivity (Wildman–Crippen MR) is 83.9 cm³/mol. The van der Waals surface area contributed by atoms with E-state index < -0.39 is 0 Å². The lowest BCUT2D eigenvalue weighted by atomic mass is 9.88. The molecule has 2 aromatic carbocycles. The summed E-state index contributed by atoms with van der Waals surface area (Å²) in [6, 6.07) is 14.0. The van der Waals surface area contributed by atoms with E-state index >= 15 is 0 Å². The highest BCUT2D eigenvalue weighted by atomic mass is 16.7. The monoisotopic (exact) mass is 300 g/mol. The maximum absolute atomic E-state index is 6.05. The van der Waals surface area contributed by atoms with E-state index in [0.29, 0.717) is 0 Å². The predicted octanol–water partition coefficient (Wildman–Crippen LogP) is 3.40. The quantitative estimate of drug-likeness (QED) is 0.867. The van der Waals surface area contributed by atoms with Crippen LogP contribution in [0, 0.1) is 0 Å². The SMILES string of the molecule is COc1ccc(C2Cc3cccc(OC)c3OC2OC)cc1. The molecule has 22 heavy (non-hydrogen) atoms. The Bertz CT molecular complexity index is 636. The van der Waals surface area contributed by atoms with Gasteiger partial charge in [0.2, 0.25) is 6.29 Å². The highest BCUT2D eigenvalue weighted by Gasteiger charge is 2.32. The number of rotatable bonds is 4. The van der Waals surface area contributed by atoms with Crippen LogP contribution in [0.1, 0.15) is 17.0 Å². The Labute approximate surface area is 130 Å². The largest absolute Gasteiger partial charge is 0.497 e. The Kier molecular flexibility index (Phi) is 4.20. The number of para-hydroxylation sites is 1. The lowest BCUT2D eigenvalue weighted by Crippen LogP contribution is -2.33. The minimum absolute atomic E-state index is 0.135. The second-order valence-electron chi connectivity index (χ2n) is 5.25. The summed E-state index contributed by atoms with van der Waals surface area (Å²) in [5.41, 5.74) is 2.30.